The number of methoxy groups -OCH3 is 1. The largest absolute Gasteiger partial charge is 0.497 e. The van der Waals surface area contributed by atoms with E-state index in [1.54, 1.807) is 55.6 Å². The molecule has 0 aliphatic rings. The fourth-order valence-corrected chi connectivity index (χ4v) is 3.08. The van der Waals surface area contributed by atoms with Crippen LogP contribution in [-0.2, 0) is 11.3 Å². The Morgan fingerprint density at radius 1 is 1.11 bits per heavy atom. The Morgan fingerprint density at radius 2 is 1.79 bits per heavy atom. The summed E-state index contributed by atoms with van der Waals surface area (Å²) in [4.78, 5) is 38.4. The number of nitrogens with zero attached hydrogens (tertiary/aromatic N) is 2. The molecule has 1 atom stereocenters. The highest BCUT2D eigenvalue weighted by molar-refractivity contribution is 5.91. The van der Waals surface area contributed by atoms with Gasteiger partial charge in [0, 0.05) is 11.7 Å². The molecule has 0 saturated heterocycles. The molecular formula is C21H23N3O4. The van der Waals surface area contributed by atoms with Gasteiger partial charge in [0.1, 0.15) is 12.3 Å². The second-order valence-electron chi connectivity index (χ2n) is 6.59. The zero-order valence-corrected chi connectivity index (χ0v) is 16.1. The Morgan fingerprint density at radius 3 is 2.43 bits per heavy atom. The summed E-state index contributed by atoms with van der Waals surface area (Å²) >= 11 is 0. The molecule has 0 unspecified atom stereocenters. The van der Waals surface area contributed by atoms with E-state index < -0.39 is 5.69 Å². The molecule has 2 aromatic carbocycles. The fourth-order valence-electron chi connectivity index (χ4n) is 3.08. The van der Waals surface area contributed by atoms with Crippen LogP contribution < -0.4 is 21.3 Å². The zero-order chi connectivity index (χ0) is 20.3. The minimum atomic E-state index is -0.483. The summed E-state index contributed by atoms with van der Waals surface area (Å²) in [5.74, 6) is 0.326. The predicted molar refractivity (Wildman–Crippen MR) is 109 cm³/mol. The molecule has 28 heavy (non-hydrogen) atoms. The topological polar surface area (TPSA) is 82.3 Å². The number of aromatic nitrogens is 2. The summed E-state index contributed by atoms with van der Waals surface area (Å²) in [7, 11) is 1.57. The maximum atomic E-state index is 13.0. The number of nitrogens with one attached hydrogen (secondary N) is 1. The van der Waals surface area contributed by atoms with Gasteiger partial charge in [0.05, 0.1) is 18.0 Å². The molecule has 0 saturated carbocycles. The van der Waals surface area contributed by atoms with E-state index >= 15 is 0 Å². The summed E-state index contributed by atoms with van der Waals surface area (Å²) in [5.41, 5.74) is 0.227. The van der Waals surface area contributed by atoms with Gasteiger partial charge in [-0.1, -0.05) is 19.1 Å². The van der Waals surface area contributed by atoms with Crippen LogP contribution in [0, 0.1) is 0 Å². The molecule has 1 aromatic heterocycles. The monoisotopic (exact) mass is 381 g/mol. The average molecular weight is 381 g/mol. The van der Waals surface area contributed by atoms with Crippen molar-refractivity contribution < 1.29 is 9.53 Å². The van der Waals surface area contributed by atoms with Gasteiger partial charge in [-0.25, -0.2) is 4.79 Å². The lowest BCUT2D eigenvalue weighted by atomic mass is 10.2. The van der Waals surface area contributed by atoms with Crippen LogP contribution in [0.2, 0.25) is 0 Å². The second-order valence-corrected chi connectivity index (χ2v) is 6.59. The van der Waals surface area contributed by atoms with E-state index in [1.165, 1.54) is 9.13 Å². The first-order valence-electron chi connectivity index (χ1n) is 9.14. The third-order valence-electron chi connectivity index (χ3n) is 4.79. The number of ether oxygens (including phenoxy) is 1. The van der Waals surface area contributed by atoms with Crippen molar-refractivity contribution in [1.82, 2.24) is 9.13 Å². The molecule has 0 spiro atoms. The number of hydrogen-bond donors (Lipinski definition) is 1. The molecule has 3 rings (SSSR count). The van der Waals surface area contributed by atoms with E-state index in [9.17, 15) is 14.4 Å². The lowest BCUT2D eigenvalue weighted by molar-refractivity contribution is -0.116. The molecule has 0 aliphatic heterocycles. The highest BCUT2D eigenvalue weighted by Gasteiger charge is 2.18. The molecule has 7 nitrogen and oxygen atoms in total. The number of para-hydroxylation sites is 1. The standard InChI is InChI=1S/C21H23N3O4/c1-4-14(2)24-20(26)17-7-5-6-8-18(17)23(21(24)27)13-19(25)22-15-9-11-16(28-3)12-10-15/h5-12,14H,4,13H2,1-3H3,(H,22,25)/t14-/m1/s1. The van der Waals surface area contributed by atoms with Crippen molar-refractivity contribution in [2.24, 2.45) is 0 Å². The van der Waals surface area contributed by atoms with E-state index in [4.69, 9.17) is 4.74 Å². The smallest absolute Gasteiger partial charge is 0.332 e. The Kier molecular flexibility index (Phi) is 5.63. The maximum absolute atomic E-state index is 13.0. The normalized spacial score (nSPS) is 12.0. The summed E-state index contributed by atoms with van der Waals surface area (Å²) in [6, 6.07) is 13.5. The van der Waals surface area contributed by atoms with Crippen molar-refractivity contribution in [1.29, 1.82) is 0 Å². The molecule has 0 fully saturated rings. The summed E-state index contributed by atoms with van der Waals surface area (Å²) in [6.07, 6.45) is 0.630. The van der Waals surface area contributed by atoms with Gasteiger partial charge >= 0.3 is 5.69 Å². The van der Waals surface area contributed by atoms with Gasteiger partial charge in [-0.05, 0) is 49.7 Å². The van der Waals surface area contributed by atoms with Crippen molar-refractivity contribution >= 4 is 22.5 Å². The lowest BCUT2D eigenvalue weighted by Crippen LogP contribution is -2.43. The Bertz CT molecular complexity index is 1110. The van der Waals surface area contributed by atoms with Crippen molar-refractivity contribution in [2.75, 3.05) is 12.4 Å². The number of rotatable bonds is 6. The third-order valence-corrected chi connectivity index (χ3v) is 4.79. The molecule has 146 valence electrons. The molecule has 0 radical (unpaired) electrons. The quantitative estimate of drug-likeness (QED) is 0.712. The summed E-state index contributed by atoms with van der Waals surface area (Å²) < 4.78 is 7.67. The fraction of sp³-hybridized carbons (Fsp3) is 0.286. The summed E-state index contributed by atoms with van der Waals surface area (Å²) in [6.45, 7) is 3.54. The van der Waals surface area contributed by atoms with E-state index in [-0.39, 0.29) is 24.1 Å². The van der Waals surface area contributed by atoms with Crippen LogP contribution in [-0.4, -0.2) is 22.2 Å². The highest BCUT2D eigenvalue weighted by Crippen LogP contribution is 2.15. The van der Waals surface area contributed by atoms with Gasteiger partial charge in [-0.2, -0.15) is 0 Å². The van der Waals surface area contributed by atoms with E-state index in [0.717, 1.165) is 0 Å². The predicted octanol–water partition coefficient (Wildman–Crippen LogP) is 2.78. The van der Waals surface area contributed by atoms with Crippen molar-refractivity contribution in [3.63, 3.8) is 0 Å². The molecule has 0 bridgehead atoms. The molecule has 0 aliphatic carbocycles. The summed E-state index contributed by atoms with van der Waals surface area (Å²) in [5, 5.41) is 3.19. The first kappa shape index (κ1) is 19.4. The van der Waals surface area contributed by atoms with E-state index in [0.29, 0.717) is 28.8 Å². The number of hydrogen-bond acceptors (Lipinski definition) is 4. The zero-order valence-electron chi connectivity index (χ0n) is 16.1. The second kappa shape index (κ2) is 8.12. The molecular weight excluding hydrogens is 358 g/mol. The number of carbonyl (C=O) groups is 1. The molecule has 1 amide bonds. The Balaban J connectivity index is 2.00. The van der Waals surface area contributed by atoms with Gasteiger partial charge in [0.2, 0.25) is 5.91 Å². The van der Waals surface area contributed by atoms with Crippen molar-refractivity contribution in [2.45, 2.75) is 32.9 Å². The van der Waals surface area contributed by atoms with E-state index in [2.05, 4.69) is 5.32 Å². The van der Waals surface area contributed by atoms with Crippen LogP contribution in [0.3, 0.4) is 0 Å². The van der Waals surface area contributed by atoms with Crippen LogP contribution in [0.1, 0.15) is 26.3 Å². The van der Waals surface area contributed by atoms with Crippen molar-refractivity contribution in [3.8, 4) is 5.75 Å². The van der Waals surface area contributed by atoms with Crippen LogP contribution in [0.5, 0.6) is 5.75 Å². The van der Waals surface area contributed by atoms with Crippen LogP contribution in [0.15, 0.2) is 58.1 Å². The highest BCUT2D eigenvalue weighted by atomic mass is 16.5. The number of benzene rings is 2. The maximum Gasteiger partial charge on any atom is 0.332 e. The SMILES string of the molecule is CC[C@@H](C)n1c(=O)c2ccccc2n(CC(=O)Nc2ccc(OC)cc2)c1=O. The lowest BCUT2D eigenvalue weighted by Gasteiger charge is -2.17. The van der Waals surface area contributed by atoms with E-state index in [1.807, 2.05) is 13.8 Å². The number of fused-ring (bicyclic) bond motifs is 1. The molecule has 7 heteroatoms. The van der Waals surface area contributed by atoms with Crippen LogP contribution in [0.25, 0.3) is 10.9 Å². The third kappa shape index (κ3) is 3.69. The molecule has 1 heterocycles. The number of carbonyl (C=O) groups excluding carboxylic acids is 1. The van der Waals surface area contributed by atoms with Gasteiger partial charge in [-0.3, -0.25) is 18.7 Å². The minimum absolute atomic E-state index is 0.192. The van der Waals surface area contributed by atoms with Gasteiger partial charge in [0.15, 0.2) is 0 Å². The van der Waals surface area contributed by atoms with Gasteiger partial charge < -0.3 is 10.1 Å². The Hall–Kier alpha value is -3.35. The minimum Gasteiger partial charge on any atom is -0.497 e. The molecule has 1 N–H and O–H groups in total. The Labute approximate surface area is 162 Å². The van der Waals surface area contributed by atoms with Gasteiger partial charge in [0.25, 0.3) is 5.56 Å². The first-order valence-corrected chi connectivity index (χ1v) is 9.14. The first-order chi connectivity index (χ1) is 13.5. The number of anilines is 1. The average Bonchev–Trinajstić information content (AvgIpc) is 2.71. The molecule has 3 aromatic rings. The van der Waals surface area contributed by atoms with Crippen LogP contribution >= 0.6 is 0 Å². The number of amides is 1. The van der Waals surface area contributed by atoms with Gasteiger partial charge in [-0.15, -0.1) is 0 Å². The van der Waals surface area contributed by atoms with Crippen molar-refractivity contribution in [3.05, 3.63) is 69.4 Å². The van der Waals surface area contributed by atoms with Crippen LogP contribution in [0.4, 0.5) is 5.69 Å².